The predicted octanol–water partition coefficient (Wildman–Crippen LogP) is 3.45. The zero-order chi connectivity index (χ0) is 21.1. The molecule has 1 aliphatic heterocycles. The molecule has 1 saturated carbocycles. The normalized spacial score (nSPS) is 20.3. The summed E-state index contributed by atoms with van der Waals surface area (Å²) in [6.07, 6.45) is 5.44. The zero-order valence-corrected chi connectivity index (χ0v) is 17.6. The number of nitrogens with one attached hydrogen (secondary N) is 1. The van der Waals surface area contributed by atoms with Crippen LogP contribution in [0.2, 0.25) is 0 Å². The van der Waals surface area contributed by atoms with Crippen LogP contribution in [0.1, 0.15) is 60.4 Å². The van der Waals surface area contributed by atoms with Gasteiger partial charge in [0.2, 0.25) is 5.91 Å². The Hall–Kier alpha value is -2.67. The molecule has 2 aliphatic rings. The highest BCUT2D eigenvalue weighted by molar-refractivity contribution is 7.89. The summed E-state index contributed by atoms with van der Waals surface area (Å²) in [6.45, 7) is 0.115. The lowest BCUT2D eigenvalue weighted by atomic mass is 9.95. The van der Waals surface area contributed by atoms with E-state index in [-0.39, 0.29) is 35.7 Å². The van der Waals surface area contributed by atoms with Crippen molar-refractivity contribution in [3.8, 4) is 0 Å². The molecule has 2 aromatic rings. The van der Waals surface area contributed by atoms with Crippen molar-refractivity contribution in [2.75, 3.05) is 6.54 Å². The molecule has 0 aromatic heterocycles. The molecule has 158 valence electrons. The van der Waals surface area contributed by atoms with Gasteiger partial charge >= 0.3 is 0 Å². The molecule has 7 heteroatoms. The third-order valence-electron chi connectivity index (χ3n) is 5.98. The van der Waals surface area contributed by atoms with Crippen LogP contribution in [0.4, 0.5) is 0 Å². The van der Waals surface area contributed by atoms with E-state index in [0.717, 1.165) is 35.6 Å². The fourth-order valence-corrected chi connectivity index (χ4v) is 5.80. The second-order valence-corrected chi connectivity index (χ2v) is 9.94. The number of carbonyl (C=O) groups is 2. The average Bonchev–Trinajstić information content (AvgIpc) is 3.18. The van der Waals surface area contributed by atoms with Crippen LogP contribution in [-0.4, -0.2) is 37.1 Å². The van der Waals surface area contributed by atoms with Crippen LogP contribution < -0.4 is 5.32 Å². The van der Waals surface area contributed by atoms with Gasteiger partial charge in [-0.1, -0.05) is 55.7 Å². The summed E-state index contributed by atoms with van der Waals surface area (Å²) < 4.78 is 27.3. The van der Waals surface area contributed by atoms with E-state index in [1.807, 2.05) is 30.3 Å². The maximum absolute atomic E-state index is 13.2. The standard InChI is InChI=1S/C23H26N2O4S/c26-22-15-19(17-8-3-1-4-9-17)16-25(22)30(28,29)21-13-7-10-18(14-21)23(27)24-20-11-5-2-6-12-20/h1,3-4,7-10,13-14,19-20H,2,5-6,11-12,15-16H2,(H,24,27)/t19-/m1/s1. The summed E-state index contributed by atoms with van der Waals surface area (Å²) in [5, 5.41) is 3.01. The minimum Gasteiger partial charge on any atom is -0.349 e. The van der Waals surface area contributed by atoms with Crippen LogP contribution in [0.5, 0.6) is 0 Å². The molecule has 6 nitrogen and oxygen atoms in total. The Morgan fingerprint density at radius 1 is 0.967 bits per heavy atom. The molecule has 2 aromatic carbocycles. The topological polar surface area (TPSA) is 83.6 Å². The van der Waals surface area contributed by atoms with Crippen molar-refractivity contribution in [1.29, 1.82) is 0 Å². The molecule has 1 N–H and O–H groups in total. The smallest absolute Gasteiger partial charge is 0.266 e. The van der Waals surface area contributed by atoms with E-state index in [2.05, 4.69) is 5.32 Å². The third-order valence-corrected chi connectivity index (χ3v) is 7.76. The highest BCUT2D eigenvalue weighted by atomic mass is 32.2. The fraction of sp³-hybridized carbons (Fsp3) is 0.391. The summed E-state index contributed by atoms with van der Waals surface area (Å²) >= 11 is 0. The van der Waals surface area contributed by atoms with Crippen molar-refractivity contribution in [3.63, 3.8) is 0 Å². The first kappa shape index (κ1) is 20.6. The van der Waals surface area contributed by atoms with Gasteiger partial charge in [0, 0.05) is 30.5 Å². The Morgan fingerprint density at radius 3 is 2.43 bits per heavy atom. The highest BCUT2D eigenvalue weighted by Gasteiger charge is 2.39. The van der Waals surface area contributed by atoms with Gasteiger partial charge in [-0.25, -0.2) is 12.7 Å². The molecule has 0 spiro atoms. The first-order valence-electron chi connectivity index (χ1n) is 10.5. The lowest BCUT2D eigenvalue weighted by Crippen LogP contribution is -2.36. The second-order valence-electron chi connectivity index (χ2n) is 8.08. The Balaban J connectivity index is 1.52. The molecule has 30 heavy (non-hydrogen) atoms. The Bertz CT molecular complexity index is 1030. The van der Waals surface area contributed by atoms with E-state index in [0.29, 0.717) is 5.56 Å². The van der Waals surface area contributed by atoms with Crippen LogP contribution in [0.25, 0.3) is 0 Å². The molecular formula is C23H26N2O4S. The first-order valence-corrected chi connectivity index (χ1v) is 11.9. The van der Waals surface area contributed by atoms with E-state index < -0.39 is 15.9 Å². The van der Waals surface area contributed by atoms with E-state index in [1.165, 1.54) is 18.6 Å². The van der Waals surface area contributed by atoms with Crippen LogP contribution in [0.15, 0.2) is 59.5 Å². The number of hydrogen-bond acceptors (Lipinski definition) is 4. The van der Waals surface area contributed by atoms with Crippen molar-refractivity contribution in [1.82, 2.24) is 9.62 Å². The van der Waals surface area contributed by atoms with Gasteiger partial charge in [-0.2, -0.15) is 0 Å². The molecule has 1 heterocycles. The van der Waals surface area contributed by atoms with E-state index in [4.69, 9.17) is 0 Å². The van der Waals surface area contributed by atoms with Crippen molar-refractivity contribution in [2.24, 2.45) is 0 Å². The number of sulfonamides is 1. The molecule has 2 fully saturated rings. The van der Waals surface area contributed by atoms with Crippen molar-refractivity contribution >= 4 is 21.8 Å². The van der Waals surface area contributed by atoms with Gasteiger partial charge in [-0.05, 0) is 36.6 Å². The fourth-order valence-electron chi connectivity index (χ4n) is 4.30. The number of nitrogens with zero attached hydrogens (tertiary/aromatic N) is 1. The van der Waals surface area contributed by atoms with Crippen LogP contribution in [0.3, 0.4) is 0 Å². The highest BCUT2D eigenvalue weighted by Crippen LogP contribution is 2.32. The van der Waals surface area contributed by atoms with Crippen molar-refractivity contribution in [3.05, 3.63) is 65.7 Å². The Morgan fingerprint density at radius 2 is 1.70 bits per heavy atom. The molecule has 1 aliphatic carbocycles. The number of carbonyl (C=O) groups excluding carboxylic acids is 2. The molecule has 1 atom stereocenters. The molecular weight excluding hydrogens is 400 g/mol. The summed E-state index contributed by atoms with van der Waals surface area (Å²) in [6, 6.07) is 15.6. The minimum absolute atomic E-state index is 0.0270. The largest absolute Gasteiger partial charge is 0.349 e. The molecule has 0 unspecified atom stereocenters. The van der Waals surface area contributed by atoms with Gasteiger partial charge in [0.25, 0.3) is 15.9 Å². The lowest BCUT2D eigenvalue weighted by molar-refractivity contribution is -0.123. The molecule has 0 bridgehead atoms. The summed E-state index contributed by atoms with van der Waals surface area (Å²) in [7, 11) is -4.01. The predicted molar refractivity (Wildman–Crippen MR) is 113 cm³/mol. The monoisotopic (exact) mass is 426 g/mol. The number of rotatable bonds is 5. The van der Waals surface area contributed by atoms with E-state index in [9.17, 15) is 18.0 Å². The van der Waals surface area contributed by atoms with Crippen LogP contribution in [-0.2, 0) is 14.8 Å². The zero-order valence-electron chi connectivity index (χ0n) is 16.8. The maximum Gasteiger partial charge on any atom is 0.266 e. The first-order chi connectivity index (χ1) is 14.4. The van der Waals surface area contributed by atoms with Gasteiger partial charge in [-0.3, -0.25) is 9.59 Å². The Kier molecular flexibility index (Phi) is 5.90. The van der Waals surface area contributed by atoms with Gasteiger partial charge in [0.05, 0.1) is 4.90 Å². The van der Waals surface area contributed by atoms with Gasteiger partial charge < -0.3 is 5.32 Å². The molecule has 0 radical (unpaired) electrons. The van der Waals surface area contributed by atoms with Gasteiger partial charge in [0.1, 0.15) is 0 Å². The summed E-state index contributed by atoms with van der Waals surface area (Å²) in [4.78, 5) is 25.1. The van der Waals surface area contributed by atoms with Crippen LogP contribution >= 0.6 is 0 Å². The van der Waals surface area contributed by atoms with Gasteiger partial charge in [0.15, 0.2) is 0 Å². The van der Waals surface area contributed by atoms with Crippen molar-refractivity contribution < 1.29 is 18.0 Å². The average molecular weight is 427 g/mol. The maximum atomic E-state index is 13.2. The van der Waals surface area contributed by atoms with Gasteiger partial charge in [-0.15, -0.1) is 0 Å². The molecule has 1 saturated heterocycles. The lowest BCUT2D eigenvalue weighted by Gasteiger charge is -2.23. The molecule has 4 rings (SSSR count). The third kappa shape index (κ3) is 4.26. The van der Waals surface area contributed by atoms with Crippen LogP contribution in [0, 0.1) is 0 Å². The number of benzene rings is 2. The summed E-state index contributed by atoms with van der Waals surface area (Å²) in [5.41, 5.74) is 1.25. The van der Waals surface area contributed by atoms with Crippen molar-refractivity contribution in [2.45, 2.75) is 55.4 Å². The minimum atomic E-state index is -4.01. The number of hydrogen-bond donors (Lipinski definition) is 1. The quantitative estimate of drug-likeness (QED) is 0.794. The summed E-state index contributed by atoms with van der Waals surface area (Å²) in [5.74, 6) is -0.846. The Labute approximate surface area is 177 Å². The van der Waals surface area contributed by atoms with E-state index >= 15 is 0 Å². The molecule has 2 amide bonds. The SMILES string of the molecule is O=C(NC1CCCCC1)c1cccc(S(=O)(=O)N2C[C@H](c3ccccc3)CC2=O)c1. The number of amides is 2. The van der Waals surface area contributed by atoms with E-state index in [1.54, 1.807) is 12.1 Å². The second kappa shape index (κ2) is 8.60.